The number of hydrogen-bond acceptors (Lipinski definition) is 4. The Morgan fingerprint density at radius 2 is 1.95 bits per heavy atom. The average molecular weight is 303 g/mol. The number of nitrogens with one attached hydrogen (secondary N) is 1. The molecule has 0 radical (unpaired) electrons. The number of alkyl halides is 3. The van der Waals surface area contributed by atoms with E-state index in [1.807, 2.05) is 0 Å². The lowest BCUT2D eigenvalue weighted by atomic mass is 9.96. The lowest BCUT2D eigenvalue weighted by molar-refractivity contribution is -0.183. The predicted molar refractivity (Wildman–Crippen MR) is 66.6 cm³/mol. The number of rotatable bonds is 2. The van der Waals surface area contributed by atoms with Gasteiger partial charge in [0.25, 0.3) is 5.91 Å². The molecule has 21 heavy (non-hydrogen) atoms. The first-order valence-corrected chi connectivity index (χ1v) is 6.93. The Bertz CT molecular complexity index is 517. The number of amides is 1. The zero-order valence-corrected chi connectivity index (χ0v) is 11.3. The SMILES string of the molecule is O=C(c1cn(C2CNC2)nn1)N1CCC(C(F)(F)F)CC1. The van der Waals surface area contributed by atoms with Crippen LogP contribution in [0.1, 0.15) is 29.4 Å². The monoisotopic (exact) mass is 303 g/mol. The van der Waals surface area contributed by atoms with E-state index in [9.17, 15) is 18.0 Å². The van der Waals surface area contributed by atoms with Gasteiger partial charge in [-0.1, -0.05) is 5.21 Å². The maximum atomic E-state index is 12.6. The number of nitrogens with zero attached hydrogens (tertiary/aromatic N) is 4. The van der Waals surface area contributed by atoms with E-state index in [1.165, 1.54) is 4.90 Å². The highest BCUT2D eigenvalue weighted by molar-refractivity contribution is 5.92. The Morgan fingerprint density at radius 1 is 1.29 bits per heavy atom. The topological polar surface area (TPSA) is 63.1 Å². The van der Waals surface area contributed by atoms with Gasteiger partial charge in [0.2, 0.25) is 0 Å². The molecule has 1 aromatic heterocycles. The van der Waals surface area contributed by atoms with Gasteiger partial charge in [0, 0.05) is 26.2 Å². The van der Waals surface area contributed by atoms with E-state index in [4.69, 9.17) is 0 Å². The molecule has 0 saturated carbocycles. The Labute approximate surface area is 119 Å². The third kappa shape index (κ3) is 2.87. The van der Waals surface area contributed by atoms with Crippen molar-refractivity contribution >= 4 is 5.91 Å². The molecule has 1 aromatic rings. The fraction of sp³-hybridized carbons (Fsp3) is 0.750. The number of piperidine rings is 1. The van der Waals surface area contributed by atoms with Crippen LogP contribution >= 0.6 is 0 Å². The Morgan fingerprint density at radius 3 is 2.48 bits per heavy atom. The molecule has 0 atom stereocenters. The second-order valence-corrected chi connectivity index (χ2v) is 5.50. The zero-order valence-electron chi connectivity index (χ0n) is 11.3. The molecular formula is C12H16F3N5O. The van der Waals surface area contributed by atoms with E-state index in [0.29, 0.717) is 0 Å². The number of carbonyl (C=O) groups is 1. The second kappa shape index (κ2) is 5.28. The highest BCUT2D eigenvalue weighted by Crippen LogP contribution is 2.34. The Hall–Kier alpha value is -1.64. The molecule has 1 N–H and O–H groups in total. The van der Waals surface area contributed by atoms with E-state index in [-0.39, 0.29) is 43.6 Å². The summed E-state index contributed by atoms with van der Waals surface area (Å²) in [4.78, 5) is 13.6. The summed E-state index contributed by atoms with van der Waals surface area (Å²) in [6.45, 7) is 1.80. The maximum absolute atomic E-state index is 12.6. The van der Waals surface area contributed by atoms with Crippen LogP contribution in [0.4, 0.5) is 13.2 Å². The molecule has 1 amide bonds. The first-order chi connectivity index (χ1) is 9.95. The van der Waals surface area contributed by atoms with Gasteiger partial charge in [-0.15, -0.1) is 5.10 Å². The van der Waals surface area contributed by atoms with Crippen molar-refractivity contribution in [3.05, 3.63) is 11.9 Å². The van der Waals surface area contributed by atoms with Crippen LogP contribution in [-0.2, 0) is 0 Å². The van der Waals surface area contributed by atoms with Gasteiger partial charge in [0.15, 0.2) is 5.69 Å². The van der Waals surface area contributed by atoms with Crippen LogP contribution in [0.15, 0.2) is 6.20 Å². The minimum atomic E-state index is -4.17. The van der Waals surface area contributed by atoms with Gasteiger partial charge >= 0.3 is 6.18 Å². The first-order valence-electron chi connectivity index (χ1n) is 6.93. The van der Waals surface area contributed by atoms with Crippen LogP contribution in [0.25, 0.3) is 0 Å². The molecule has 0 aromatic carbocycles. The molecule has 2 saturated heterocycles. The molecule has 3 heterocycles. The molecule has 6 nitrogen and oxygen atoms in total. The van der Waals surface area contributed by atoms with Gasteiger partial charge in [0.1, 0.15) is 0 Å². The first kappa shape index (κ1) is 14.3. The summed E-state index contributed by atoms with van der Waals surface area (Å²) in [5.41, 5.74) is 0.201. The van der Waals surface area contributed by atoms with Crippen LogP contribution in [0.2, 0.25) is 0 Å². The summed E-state index contributed by atoms with van der Waals surface area (Å²) in [5, 5.41) is 10.8. The van der Waals surface area contributed by atoms with Crippen LogP contribution in [0.3, 0.4) is 0 Å². The third-order valence-corrected chi connectivity index (χ3v) is 4.11. The van der Waals surface area contributed by atoms with Gasteiger partial charge in [0.05, 0.1) is 18.2 Å². The van der Waals surface area contributed by atoms with E-state index >= 15 is 0 Å². The molecule has 9 heteroatoms. The lowest BCUT2D eigenvalue weighted by Crippen LogP contribution is -2.43. The molecule has 0 unspecified atom stereocenters. The normalized spacial score (nSPS) is 21.4. The smallest absolute Gasteiger partial charge is 0.337 e. The molecule has 0 spiro atoms. The van der Waals surface area contributed by atoms with Gasteiger partial charge in [-0.25, -0.2) is 4.68 Å². The zero-order chi connectivity index (χ0) is 15.0. The van der Waals surface area contributed by atoms with Crippen molar-refractivity contribution in [2.24, 2.45) is 5.92 Å². The largest absolute Gasteiger partial charge is 0.391 e. The number of hydrogen-bond donors (Lipinski definition) is 1. The maximum Gasteiger partial charge on any atom is 0.391 e. The molecule has 2 aliphatic rings. The van der Waals surface area contributed by atoms with E-state index in [0.717, 1.165) is 13.1 Å². The summed E-state index contributed by atoms with van der Waals surface area (Å²) in [6.07, 6.45) is -2.69. The van der Waals surface area contributed by atoms with Gasteiger partial charge in [-0.2, -0.15) is 13.2 Å². The van der Waals surface area contributed by atoms with Crippen molar-refractivity contribution in [1.29, 1.82) is 0 Å². The third-order valence-electron chi connectivity index (χ3n) is 4.11. The summed E-state index contributed by atoms with van der Waals surface area (Å²) in [6, 6.07) is 0.204. The van der Waals surface area contributed by atoms with Crippen molar-refractivity contribution in [3.8, 4) is 0 Å². The van der Waals surface area contributed by atoms with E-state index in [1.54, 1.807) is 10.9 Å². The molecule has 2 aliphatic heterocycles. The van der Waals surface area contributed by atoms with Gasteiger partial charge < -0.3 is 10.2 Å². The summed E-state index contributed by atoms with van der Waals surface area (Å²) in [7, 11) is 0. The van der Waals surface area contributed by atoms with Crippen molar-refractivity contribution in [2.75, 3.05) is 26.2 Å². The van der Waals surface area contributed by atoms with Crippen molar-refractivity contribution in [1.82, 2.24) is 25.2 Å². The molecular weight excluding hydrogens is 287 g/mol. The lowest BCUT2D eigenvalue weighted by Gasteiger charge is -2.32. The van der Waals surface area contributed by atoms with Crippen molar-refractivity contribution < 1.29 is 18.0 Å². The highest BCUT2D eigenvalue weighted by Gasteiger charge is 2.42. The number of likely N-dealkylation sites (tertiary alicyclic amines) is 1. The van der Waals surface area contributed by atoms with Crippen LogP contribution < -0.4 is 5.32 Å². The Balaban J connectivity index is 1.60. The molecule has 0 bridgehead atoms. The standard InChI is InChI=1S/C12H16F3N5O/c13-12(14,15)8-1-3-19(4-2-8)11(21)10-7-20(18-17-10)9-5-16-6-9/h7-9,16H,1-6H2. The van der Waals surface area contributed by atoms with Crippen molar-refractivity contribution in [3.63, 3.8) is 0 Å². The minimum Gasteiger partial charge on any atom is -0.337 e. The fourth-order valence-corrected chi connectivity index (χ4v) is 2.59. The summed E-state index contributed by atoms with van der Waals surface area (Å²) >= 11 is 0. The van der Waals surface area contributed by atoms with Crippen molar-refractivity contribution in [2.45, 2.75) is 25.1 Å². The van der Waals surface area contributed by atoms with Gasteiger partial charge in [-0.05, 0) is 12.8 Å². The van der Waals surface area contributed by atoms with Crippen LogP contribution in [0.5, 0.6) is 0 Å². The minimum absolute atomic E-state index is 0.0457. The van der Waals surface area contributed by atoms with E-state index < -0.39 is 12.1 Å². The predicted octanol–water partition coefficient (Wildman–Crippen LogP) is 0.837. The number of aromatic nitrogens is 3. The average Bonchev–Trinajstić information content (AvgIpc) is 2.84. The number of halogens is 3. The summed E-state index contributed by atoms with van der Waals surface area (Å²) in [5.74, 6) is -1.65. The van der Waals surface area contributed by atoms with Crippen LogP contribution in [0, 0.1) is 5.92 Å². The highest BCUT2D eigenvalue weighted by atomic mass is 19.4. The van der Waals surface area contributed by atoms with Crippen LogP contribution in [-0.4, -0.2) is 58.2 Å². The Kier molecular flexibility index (Phi) is 3.60. The van der Waals surface area contributed by atoms with Gasteiger partial charge in [-0.3, -0.25) is 4.79 Å². The molecule has 3 rings (SSSR count). The number of carbonyl (C=O) groups excluding carboxylic acids is 1. The quantitative estimate of drug-likeness (QED) is 0.879. The summed E-state index contributed by atoms with van der Waals surface area (Å²) < 4.78 is 39.4. The molecule has 0 aliphatic carbocycles. The molecule has 116 valence electrons. The molecule has 2 fully saturated rings. The second-order valence-electron chi connectivity index (χ2n) is 5.50. The fourth-order valence-electron chi connectivity index (χ4n) is 2.59. The van der Waals surface area contributed by atoms with E-state index in [2.05, 4.69) is 15.6 Å².